The number of nitrogens with zero attached hydrogens (tertiary/aromatic N) is 3. The van der Waals surface area contributed by atoms with Crippen molar-refractivity contribution in [2.24, 2.45) is 5.28 Å². The van der Waals surface area contributed by atoms with Gasteiger partial charge in [-0.3, -0.25) is 0 Å². The summed E-state index contributed by atoms with van der Waals surface area (Å²) in [4.78, 5) is 0.135. The summed E-state index contributed by atoms with van der Waals surface area (Å²) >= 11 is 0. The SMILES string of the molecule is CCCCN(/[N+]([O-])=N/[O-])C(C)(C)C. The van der Waals surface area contributed by atoms with Crippen LogP contribution in [0.15, 0.2) is 5.28 Å². The molecule has 0 unspecified atom stereocenters. The van der Waals surface area contributed by atoms with Crippen molar-refractivity contribution in [3.63, 3.8) is 0 Å². The van der Waals surface area contributed by atoms with Crippen LogP contribution in [0.3, 0.4) is 0 Å². The molecular formula is C8H18N3O2-. The lowest BCUT2D eigenvalue weighted by atomic mass is 10.1. The van der Waals surface area contributed by atoms with Gasteiger partial charge in [0.15, 0.2) is 0 Å². The first-order valence-electron chi connectivity index (χ1n) is 4.51. The molecule has 5 heteroatoms. The summed E-state index contributed by atoms with van der Waals surface area (Å²) in [5.74, 6) is 0. The quantitative estimate of drug-likeness (QED) is 0.386. The Bertz CT molecular complexity index is 175. The van der Waals surface area contributed by atoms with E-state index < -0.39 is 0 Å². The topological polar surface area (TPSA) is 64.7 Å². The van der Waals surface area contributed by atoms with Crippen LogP contribution in [0.2, 0.25) is 0 Å². The highest BCUT2D eigenvalue weighted by Crippen LogP contribution is 2.14. The van der Waals surface area contributed by atoms with Crippen LogP contribution in [0.4, 0.5) is 0 Å². The van der Waals surface area contributed by atoms with Gasteiger partial charge < -0.3 is 10.4 Å². The van der Waals surface area contributed by atoms with Gasteiger partial charge in [-0.15, -0.1) is 5.01 Å². The molecule has 0 heterocycles. The largest absolute Gasteiger partial charge is 0.737 e. The smallest absolute Gasteiger partial charge is 0.0899 e. The molecule has 0 aliphatic rings. The van der Waals surface area contributed by atoms with E-state index in [4.69, 9.17) is 0 Å². The van der Waals surface area contributed by atoms with Gasteiger partial charge in [0, 0.05) is 4.97 Å². The van der Waals surface area contributed by atoms with E-state index >= 15 is 0 Å². The molecule has 0 atom stereocenters. The number of hydrazine groups is 1. The van der Waals surface area contributed by atoms with Crippen LogP contribution in [0.1, 0.15) is 40.5 Å². The molecule has 0 N–H and O–H groups in total. The maximum Gasteiger partial charge on any atom is 0.0899 e. The maximum absolute atomic E-state index is 11.0. The summed E-state index contributed by atoms with van der Waals surface area (Å²) in [7, 11) is 0. The lowest BCUT2D eigenvalue weighted by molar-refractivity contribution is -0.706. The first-order valence-corrected chi connectivity index (χ1v) is 4.51. The zero-order valence-corrected chi connectivity index (χ0v) is 8.78. The summed E-state index contributed by atoms with van der Waals surface area (Å²) in [6.07, 6.45) is 1.87. The fourth-order valence-electron chi connectivity index (χ4n) is 1.03. The van der Waals surface area contributed by atoms with E-state index in [0.717, 1.165) is 12.8 Å². The molecule has 0 amide bonds. The van der Waals surface area contributed by atoms with E-state index in [-0.39, 0.29) is 10.5 Å². The predicted octanol–water partition coefficient (Wildman–Crippen LogP) is 2.26. The van der Waals surface area contributed by atoms with Crippen molar-refractivity contribution in [1.82, 2.24) is 5.01 Å². The van der Waals surface area contributed by atoms with Crippen LogP contribution in [0.5, 0.6) is 0 Å². The maximum atomic E-state index is 11.0. The standard InChI is InChI=1S/C8H19N3O2/c1-5-6-7-10(8(2,3)4)11(13)9-12/h12H,5-7H2,1-4H3/p-1/b11-9-. The van der Waals surface area contributed by atoms with Crippen LogP contribution in [-0.2, 0) is 0 Å². The highest BCUT2D eigenvalue weighted by atomic mass is 16.6. The second kappa shape index (κ2) is 4.89. The molecule has 0 aromatic heterocycles. The molecular weight excluding hydrogens is 170 g/mol. The Morgan fingerprint density at radius 3 is 2.23 bits per heavy atom. The van der Waals surface area contributed by atoms with Crippen molar-refractivity contribution in [2.75, 3.05) is 6.54 Å². The molecule has 0 aromatic rings. The highest BCUT2D eigenvalue weighted by Gasteiger charge is 2.26. The molecule has 0 saturated carbocycles. The first kappa shape index (κ1) is 12.0. The van der Waals surface area contributed by atoms with Crippen LogP contribution in [-0.4, -0.2) is 22.1 Å². The van der Waals surface area contributed by atoms with Gasteiger partial charge in [-0.2, -0.15) is 0 Å². The molecule has 0 saturated heterocycles. The number of hydrogen-bond acceptors (Lipinski definition) is 3. The molecule has 0 rings (SSSR count). The van der Waals surface area contributed by atoms with Crippen LogP contribution < -0.4 is 0 Å². The van der Waals surface area contributed by atoms with Gasteiger partial charge in [0.1, 0.15) is 0 Å². The minimum absolute atomic E-state index is 0.135. The molecule has 0 spiro atoms. The third-order valence-corrected chi connectivity index (χ3v) is 1.77. The Kier molecular flexibility index (Phi) is 4.51. The summed E-state index contributed by atoms with van der Waals surface area (Å²) in [6, 6.07) is 0. The van der Waals surface area contributed by atoms with Gasteiger partial charge in [-0.05, 0) is 32.5 Å². The molecule has 78 valence electrons. The Hall–Kier alpha value is -1.00. The van der Waals surface area contributed by atoms with Gasteiger partial charge in [0.05, 0.1) is 12.1 Å². The van der Waals surface area contributed by atoms with E-state index in [1.807, 2.05) is 27.7 Å². The summed E-state index contributed by atoms with van der Waals surface area (Å²) in [6.45, 7) is 8.22. The monoisotopic (exact) mass is 188 g/mol. The van der Waals surface area contributed by atoms with Crippen LogP contribution >= 0.6 is 0 Å². The molecule has 5 nitrogen and oxygen atoms in total. The number of rotatable bonds is 4. The molecule has 0 aliphatic carbocycles. The summed E-state index contributed by atoms with van der Waals surface area (Å²) < 4.78 is 0. The van der Waals surface area contributed by atoms with Crippen molar-refractivity contribution < 1.29 is 4.97 Å². The first-order chi connectivity index (χ1) is 5.93. The molecule has 0 aromatic carbocycles. The Labute approximate surface area is 79.2 Å². The molecule has 0 aliphatic heterocycles. The minimum atomic E-state index is -0.356. The Morgan fingerprint density at radius 2 is 1.92 bits per heavy atom. The van der Waals surface area contributed by atoms with Crippen molar-refractivity contribution in [3.05, 3.63) is 10.4 Å². The predicted molar refractivity (Wildman–Crippen MR) is 50.8 cm³/mol. The van der Waals surface area contributed by atoms with E-state index in [1.54, 1.807) is 0 Å². The van der Waals surface area contributed by atoms with Gasteiger partial charge in [0.2, 0.25) is 0 Å². The molecule has 0 radical (unpaired) electrons. The number of hydrogen-bond donors (Lipinski definition) is 0. The van der Waals surface area contributed by atoms with Gasteiger partial charge in [0.25, 0.3) is 0 Å². The number of unbranched alkanes of at least 4 members (excludes halogenated alkanes) is 1. The van der Waals surface area contributed by atoms with E-state index in [1.165, 1.54) is 5.01 Å². The lowest BCUT2D eigenvalue weighted by Gasteiger charge is -2.31. The fraction of sp³-hybridized carbons (Fsp3) is 1.00. The van der Waals surface area contributed by atoms with Crippen molar-refractivity contribution in [3.8, 4) is 0 Å². The third-order valence-electron chi connectivity index (χ3n) is 1.77. The molecule has 13 heavy (non-hydrogen) atoms. The fourth-order valence-corrected chi connectivity index (χ4v) is 1.03. The van der Waals surface area contributed by atoms with Crippen molar-refractivity contribution in [2.45, 2.75) is 46.1 Å². The zero-order valence-electron chi connectivity index (χ0n) is 8.78. The third kappa shape index (κ3) is 3.96. The minimum Gasteiger partial charge on any atom is -0.737 e. The van der Waals surface area contributed by atoms with Crippen LogP contribution in [0, 0.1) is 10.4 Å². The summed E-state index contributed by atoms with van der Waals surface area (Å²) in [5, 5.41) is 24.9. The summed E-state index contributed by atoms with van der Waals surface area (Å²) in [5.41, 5.74) is -0.356. The zero-order chi connectivity index (χ0) is 10.5. The average molecular weight is 188 g/mol. The average Bonchev–Trinajstić information content (AvgIpc) is 2.02. The van der Waals surface area contributed by atoms with E-state index in [9.17, 15) is 10.4 Å². The Balaban J connectivity index is 4.38. The molecule has 0 bridgehead atoms. The van der Waals surface area contributed by atoms with Crippen LogP contribution in [0.25, 0.3) is 0 Å². The van der Waals surface area contributed by atoms with Gasteiger partial charge in [-0.1, -0.05) is 13.3 Å². The Morgan fingerprint density at radius 1 is 1.38 bits per heavy atom. The van der Waals surface area contributed by atoms with E-state index in [2.05, 4.69) is 5.28 Å². The van der Waals surface area contributed by atoms with Gasteiger partial charge >= 0.3 is 0 Å². The van der Waals surface area contributed by atoms with E-state index in [0.29, 0.717) is 6.54 Å². The van der Waals surface area contributed by atoms with Gasteiger partial charge in [-0.25, -0.2) is 0 Å². The molecule has 0 fully saturated rings. The lowest BCUT2D eigenvalue weighted by Crippen LogP contribution is -2.46. The second-order valence-electron chi connectivity index (χ2n) is 3.98. The highest BCUT2D eigenvalue weighted by molar-refractivity contribution is 4.68. The second-order valence-corrected chi connectivity index (χ2v) is 3.98. The van der Waals surface area contributed by atoms with Crippen molar-refractivity contribution >= 4 is 0 Å². The van der Waals surface area contributed by atoms with Crippen molar-refractivity contribution in [1.29, 1.82) is 0 Å². The normalized spacial score (nSPS) is 13.1.